The van der Waals surface area contributed by atoms with Crippen molar-refractivity contribution in [3.8, 4) is 11.5 Å². The normalized spacial score (nSPS) is 10.8. The van der Waals surface area contributed by atoms with Gasteiger partial charge in [-0.3, -0.25) is 19.5 Å². The highest BCUT2D eigenvalue weighted by molar-refractivity contribution is 5.55. The molecule has 3 aromatic rings. The minimum absolute atomic E-state index is 0.00990. The average molecular weight is 342 g/mol. The number of nitro benzene ring substituents is 1. The summed E-state index contributed by atoms with van der Waals surface area (Å²) in [5.41, 5.74) is 1.47. The van der Waals surface area contributed by atoms with Gasteiger partial charge in [0, 0.05) is 30.9 Å². The molecule has 128 valence electrons. The van der Waals surface area contributed by atoms with Crippen LogP contribution in [-0.4, -0.2) is 26.6 Å². The molecule has 0 saturated heterocycles. The van der Waals surface area contributed by atoms with Crippen LogP contribution in [0.5, 0.6) is 0 Å². The minimum Gasteiger partial charge on any atom is -0.444 e. The molecule has 0 aliphatic carbocycles. The van der Waals surface area contributed by atoms with Gasteiger partial charge in [-0.15, -0.1) is 0 Å². The van der Waals surface area contributed by atoms with Gasteiger partial charge in [-0.2, -0.15) is 0 Å². The van der Waals surface area contributed by atoms with E-state index in [1.807, 2.05) is 0 Å². The molecule has 1 aromatic carbocycles. The van der Waals surface area contributed by atoms with E-state index >= 15 is 0 Å². The average Bonchev–Trinajstić information content (AvgIpc) is 3.06. The maximum Gasteiger partial charge on any atom is 0.269 e. The van der Waals surface area contributed by atoms with Crippen LogP contribution >= 0.6 is 0 Å². The summed E-state index contributed by atoms with van der Waals surface area (Å²) in [5.74, 6) is 0.321. The number of oxazole rings is 1. The molecular formula is C16H14N4O5. The van der Waals surface area contributed by atoms with Crippen LogP contribution in [0, 0.1) is 10.1 Å². The molecule has 9 nitrogen and oxygen atoms in total. The third kappa shape index (κ3) is 3.78. The first-order valence-corrected chi connectivity index (χ1v) is 7.30. The van der Waals surface area contributed by atoms with Gasteiger partial charge in [-0.05, 0) is 12.1 Å². The quantitative estimate of drug-likeness (QED) is 0.497. The van der Waals surface area contributed by atoms with Crippen LogP contribution in [0.15, 0.2) is 52.1 Å². The number of methoxy groups -OCH3 is 1. The largest absolute Gasteiger partial charge is 0.444 e. The van der Waals surface area contributed by atoms with E-state index < -0.39 is 4.92 Å². The van der Waals surface area contributed by atoms with Crippen molar-refractivity contribution < 1.29 is 14.1 Å². The summed E-state index contributed by atoms with van der Waals surface area (Å²) in [7, 11) is 1.53. The van der Waals surface area contributed by atoms with Crippen molar-refractivity contribution in [3.05, 3.63) is 74.8 Å². The first kappa shape index (κ1) is 16.5. The second-order valence-electron chi connectivity index (χ2n) is 5.23. The van der Waals surface area contributed by atoms with Crippen LogP contribution in [0.3, 0.4) is 0 Å². The smallest absolute Gasteiger partial charge is 0.269 e. The van der Waals surface area contributed by atoms with Crippen molar-refractivity contribution in [2.45, 2.75) is 13.2 Å². The van der Waals surface area contributed by atoms with E-state index in [0.29, 0.717) is 22.8 Å². The van der Waals surface area contributed by atoms with E-state index in [9.17, 15) is 14.9 Å². The van der Waals surface area contributed by atoms with Crippen molar-refractivity contribution >= 4 is 5.69 Å². The fourth-order valence-corrected chi connectivity index (χ4v) is 2.22. The molecule has 0 amide bonds. The number of hydrogen-bond acceptors (Lipinski definition) is 7. The first-order valence-electron chi connectivity index (χ1n) is 7.30. The highest BCUT2D eigenvalue weighted by Gasteiger charge is 2.11. The number of benzene rings is 1. The second-order valence-corrected chi connectivity index (χ2v) is 5.23. The maximum atomic E-state index is 12.0. The molecule has 0 N–H and O–H groups in total. The van der Waals surface area contributed by atoms with Gasteiger partial charge in [0.1, 0.15) is 6.26 Å². The van der Waals surface area contributed by atoms with Gasteiger partial charge >= 0.3 is 0 Å². The molecule has 9 heteroatoms. The molecule has 25 heavy (non-hydrogen) atoms. The van der Waals surface area contributed by atoms with Crippen LogP contribution in [0.2, 0.25) is 0 Å². The van der Waals surface area contributed by atoms with Crippen LogP contribution in [0.1, 0.15) is 11.4 Å². The van der Waals surface area contributed by atoms with E-state index in [-0.39, 0.29) is 24.4 Å². The Kier molecular flexibility index (Phi) is 4.66. The highest BCUT2D eigenvalue weighted by atomic mass is 16.6. The Morgan fingerprint density at radius 3 is 2.68 bits per heavy atom. The molecule has 2 aromatic heterocycles. The molecule has 0 spiro atoms. The molecule has 3 rings (SSSR count). The minimum atomic E-state index is -0.475. The summed E-state index contributed by atoms with van der Waals surface area (Å²) in [6.45, 7) is 0.472. The number of nitro groups is 1. The van der Waals surface area contributed by atoms with Gasteiger partial charge in [0.15, 0.2) is 0 Å². The number of rotatable bonds is 6. The van der Waals surface area contributed by atoms with Crippen LogP contribution < -0.4 is 5.56 Å². The van der Waals surface area contributed by atoms with Gasteiger partial charge in [0.25, 0.3) is 11.2 Å². The third-order valence-corrected chi connectivity index (χ3v) is 3.44. The summed E-state index contributed by atoms with van der Waals surface area (Å²) >= 11 is 0. The van der Waals surface area contributed by atoms with Gasteiger partial charge in [0.05, 0.1) is 35.8 Å². The zero-order valence-electron chi connectivity index (χ0n) is 13.3. The fourth-order valence-electron chi connectivity index (χ4n) is 2.22. The summed E-state index contributed by atoms with van der Waals surface area (Å²) in [6.07, 6.45) is 2.86. The molecule has 0 saturated carbocycles. The molecule has 0 aliphatic rings. The molecule has 2 heterocycles. The van der Waals surface area contributed by atoms with Crippen molar-refractivity contribution in [2.75, 3.05) is 7.11 Å². The summed E-state index contributed by atoms with van der Waals surface area (Å²) in [6, 6.07) is 7.27. The Balaban J connectivity index is 1.77. The van der Waals surface area contributed by atoms with Crippen molar-refractivity contribution in [3.63, 3.8) is 0 Å². The molecule has 0 aliphatic heterocycles. The first-order chi connectivity index (χ1) is 12.1. The van der Waals surface area contributed by atoms with Crippen LogP contribution in [-0.2, 0) is 17.9 Å². The summed E-state index contributed by atoms with van der Waals surface area (Å²) in [4.78, 5) is 30.7. The van der Waals surface area contributed by atoms with E-state index in [2.05, 4.69) is 9.97 Å². The van der Waals surface area contributed by atoms with Gasteiger partial charge in [0.2, 0.25) is 5.89 Å². The van der Waals surface area contributed by atoms with Crippen molar-refractivity contribution in [2.24, 2.45) is 0 Å². The molecule has 0 unspecified atom stereocenters. The lowest BCUT2D eigenvalue weighted by Crippen LogP contribution is -2.21. The summed E-state index contributed by atoms with van der Waals surface area (Å²) in [5, 5.41) is 10.7. The van der Waals surface area contributed by atoms with Gasteiger partial charge in [-0.1, -0.05) is 0 Å². The monoisotopic (exact) mass is 342 g/mol. The molecule has 0 radical (unpaired) electrons. The van der Waals surface area contributed by atoms with E-state index in [4.69, 9.17) is 9.15 Å². The number of nitrogens with zero attached hydrogens (tertiary/aromatic N) is 4. The molecule has 0 atom stereocenters. The van der Waals surface area contributed by atoms with Crippen LogP contribution in [0.4, 0.5) is 5.69 Å². The van der Waals surface area contributed by atoms with E-state index in [1.54, 1.807) is 12.1 Å². The number of aromatic nitrogens is 3. The predicted octanol–water partition coefficient (Wildman–Crippen LogP) is 2.00. The zero-order chi connectivity index (χ0) is 17.8. The Bertz CT molecular complexity index is 946. The Labute approximate surface area is 141 Å². The van der Waals surface area contributed by atoms with Crippen LogP contribution in [0.25, 0.3) is 11.5 Å². The lowest BCUT2D eigenvalue weighted by atomic mass is 10.2. The molecule has 0 fully saturated rings. The van der Waals surface area contributed by atoms with Crippen molar-refractivity contribution in [1.29, 1.82) is 0 Å². The van der Waals surface area contributed by atoms with E-state index in [0.717, 1.165) is 0 Å². The Morgan fingerprint density at radius 1 is 1.28 bits per heavy atom. The van der Waals surface area contributed by atoms with E-state index in [1.165, 1.54) is 42.5 Å². The maximum absolute atomic E-state index is 12.0. The second kappa shape index (κ2) is 7.05. The lowest BCUT2D eigenvalue weighted by molar-refractivity contribution is -0.384. The summed E-state index contributed by atoms with van der Waals surface area (Å²) < 4.78 is 11.7. The lowest BCUT2D eigenvalue weighted by Gasteiger charge is -2.03. The van der Waals surface area contributed by atoms with Gasteiger partial charge in [-0.25, -0.2) is 9.97 Å². The Hall–Kier alpha value is -3.33. The fraction of sp³-hybridized carbons (Fsp3) is 0.188. The van der Waals surface area contributed by atoms with Crippen molar-refractivity contribution in [1.82, 2.24) is 14.5 Å². The zero-order valence-corrected chi connectivity index (χ0v) is 13.3. The Morgan fingerprint density at radius 2 is 2.04 bits per heavy atom. The molecular weight excluding hydrogens is 328 g/mol. The molecule has 0 bridgehead atoms. The number of non-ortho nitro benzene ring substituents is 1. The SMILES string of the molecule is COCc1cc(=O)n(Cc2coc(-c3ccc([N+](=O)[O-])cc3)n2)cn1. The van der Waals surface area contributed by atoms with Gasteiger partial charge < -0.3 is 9.15 Å². The topological polar surface area (TPSA) is 113 Å². The third-order valence-electron chi connectivity index (χ3n) is 3.44. The highest BCUT2D eigenvalue weighted by Crippen LogP contribution is 2.21. The predicted molar refractivity (Wildman–Crippen MR) is 86.9 cm³/mol. The standard InChI is InChI=1S/C16H14N4O5/c1-24-8-12-6-15(21)19(10-17-12)7-13-9-25-16(18-13)11-2-4-14(5-3-11)20(22)23/h2-6,9-10H,7-8H2,1H3. The number of ether oxygens (including phenoxy) is 1. The number of hydrogen-bond donors (Lipinski definition) is 0.